The molecule has 0 N–H and O–H groups in total. The SMILES string of the molecule is C=C[C@@]12CCc3cc(OC)ccc3[C@H]1[C@@H](CCCCC(O[Si](C)(C)C)C(F)=C(F)F)C[C@]1(C)[C@@H](O[Si](C)(C)C(C)(C)C)CC[C@H]12. The molecule has 2 saturated carbocycles. The van der Waals surface area contributed by atoms with E-state index in [1.165, 1.54) is 11.1 Å². The van der Waals surface area contributed by atoms with Crippen LogP contribution in [0.3, 0.4) is 0 Å². The molecular weight excluding hydrogens is 606 g/mol. The van der Waals surface area contributed by atoms with Crippen molar-refractivity contribution >= 4 is 16.6 Å². The van der Waals surface area contributed by atoms with Crippen LogP contribution in [0.25, 0.3) is 0 Å². The maximum absolute atomic E-state index is 14.5. The maximum atomic E-state index is 14.5. The van der Waals surface area contributed by atoms with Crippen LogP contribution < -0.4 is 4.74 Å². The summed E-state index contributed by atoms with van der Waals surface area (Å²) in [6.45, 7) is 24.4. The largest absolute Gasteiger partial charge is 0.497 e. The lowest BCUT2D eigenvalue weighted by Crippen LogP contribution is -2.56. The fraction of sp³-hybridized carbons (Fsp3) is 0.730. The molecular formula is C37H59F3O3Si2. The number of hydrogen-bond acceptors (Lipinski definition) is 3. The highest BCUT2D eigenvalue weighted by molar-refractivity contribution is 6.74. The van der Waals surface area contributed by atoms with Crippen LogP contribution in [0.1, 0.15) is 96.1 Å². The first-order chi connectivity index (χ1) is 20.8. The third-order valence-electron chi connectivity index (χ3n) is 12.0. The van der Waals surface area contributed by atoms with Crippen LogP contribution in [0.2, 0.25) is 37.8 Å². The van der Waals surface area contributed by atoms with Crippen molar-refractivity contribution in [2.45, 2.75) is 141 Å². The second-order valence-electron chi connectivity index (χ2n) is 16.9. The summed E-state index contributed by atoms with van der Waals surface area (Å²) in [6, 6.07) is 6.59. The highest BCUT2D eigenvalue weighted by atomic mass is 28.4. The molecule has 0 radical (unpaired) electrons. The monoisotopic (exact) mass is 664 g/mol. The van der Waals surface area contributed by atoms with Gasteiger partial charge in [-0.15, -0.1) is 6.58 Å². The van der Waals surface area contributed by atoms with E-state index in [4.69, 9.17) is 13.6 Å². The van der Waals surface area contributed by atoms with Crippen molar-refractivity contribution in [1.82, 2.24) is 0 Å². The molecule has 0 amide bonds. The van der Waals surface area contributed by atoms with E-state index < -0.39 is 34.6 Å². The number of ether oxygens (including phenoxy) is 1. The summed E-state index contributed by atoms with van der Waals surface area (Å²) >= 11 is 0. The van der Waals surface area contributed by atoms with Crippen LogP contribution in [0.5, 0.6) is 5.75 Å². The third kappa shape index (κ3) is 7.24. The van der Waals surface area contributed by atoms with Gasteiger partial charge < -0.3 is 13.6 Å². The molecule has 7 atom stereocenters. The van der Waals surface area contributed by atoms with E-state index in [-0.39, 0.29) is 28.4 Å². The molecule has 1 unspecified atom stereocenters. The van der Waals surface area contributed by atoms with Gasteiger partial charge >= 0.3 is 6.08 Å². The number of aryl methyl sites for hydroxylation is 1. The molecule has 0 saturated heterocycles. The molecule has 3 aliphatic carbocycles. The van der Waals surface area contributed by atoms with E-state index in [9.17, 15) is 13.2 Å². The van der Waals surface area contributed by atoms with Crippen LogP contribution in [0, 0.1) is 22.7 Å². The molecule has 45 heavy (non-hydrogen) atoms. The number of unbranched alkanes of at least 4 members (excludes halogenated alkanes) is 1. The van der Waals surface area contributed by atoms with Gasteiger partial charge in [0.05, 0.1) is 13.2 Å². The average Bonchev–Trinajstić information content (AvgIpc) is 3.27. The zero-order valence-electron chi connectivity index (χ0n) is 29.6. The number of methoxy groups -OCH3 is 1. The van der Waals surface area contributed by atoms with Crippen LogP contribution in [-0.4, -0.2) is 36.0 Å². The molecule has 0 bridgehead atoms. The maximum Gasteiger partial charge on any atom is 0.304 e. The summed E-state index contributed by atoms with van der Waals surface area (Å²) in [5.41, 5.74) is 2.76. The first-order valence-corrected chi connectivity index (χ1v) is 23.5. The van der Waals surface area contributed by atoms with Crippen LogP contribution in [0.4, 0.5) is 13.2 Å². The zero-order chi connectivity index (χ0) is 33.6. The summed E-state index contributed by atoms with van der Waals surface area (Å²) in [7, 11) is -2.49. The van der Waals surface area contributed by atoms with Crippen molar-refractivity contribution in [3.63, 3.8) is 0 Å². The van der Waals surface area contributed by atoms with Crippen LogP contribution >= 0.6 is 0 Å². The van der Waals surface area contributed by atoms with E-state index in [0.717, 1.165) is 50.7 Å². The van der Waals surface area contributed by atoms with Gasteiger partial charge in [0.15, 0.2) is 22.5 Å². The summed E-state index contributed by atoms with van der Waals surface area (Å²) in [4.78, 5) is 0. The highest BCUT2D eigenvalue weighted by Gasteiger charge is 2.64. The number of allylic oxidation sites excluding steroid dienone is 1. The number of rotatable bonds is 12. The average molecular weight is 665 g/mol. The summed E-state index contributed by atoms with van der Waals surface area (Å²) in [5.74, 6) is 0.667. The van der Waals surface area contributed by atoms with Crippen molar-refractivity contribution in [3.05, 3.63) is 53.9 Å². The lowest BCUT2D eigenvalue weighted by atomic mass is 9.44. The summed E-state index contributed by atoms with van der Waals surface area (Å²) in [6.07, 6.45) is 7.12. The van der Waals surface area contributed by atoms with E-state index in [2.05, 4.69) is 71.6 Å². The Bertz CT molecular complexity index is 1250. The minimum atomic E-state index is -2.26. The van der Waals surface area contributed by atoms with Gasteiger partial charge in [-0.3, -0.25) is 0 Å². The molecule has 0 aromatic heterocycles. The van der Waals surface area contributed by atoms with E-state index >= 15 is 0 Å². The second-order valence-corrected chi connectivity index (χ2v) is 26.2. The van der Waals surface area contributed by atoms with Crippen molar-refractivity contribution in [2.24, 2.45) is 22.7 Å². The standard InChI is InChI=1S/C37H59F3O3Si2/c1-12-37-22-21-25-23-27(41-6)17-18-28(25)32(37)26(15-13-14-16-29(33(38)34(39)40)42-44(7,8)9)24-36(5)30(37)19-20-31(36)43-45(10,11)35(2,3)4/h12,17-18,23,26,29-32H,1,13-16,19-22,24H2,2-11H3/t26-,29?,30+,31-,32+,36-,37-/m0/s1. The van der Waals surface area contributed by atoms with Gasteiger partial charge in [-0.05, 0) is 135 Å². The Labute approximate surface area is 273 Å². The van der Waals surface area contributed by atoms with Gasteiger partial charge in [0.1, 0.15) is 11.9 Å². The quantitative estimate of drug-likeness (QED) is 0.126. The molecule has 254 valence electrons. The molecule has 0 spiro atoms. The van der Waals surface area contributed by atoms with E-state index in [1.54, 1.807) is 7.11 Å². The molecule has 1 aromatic carbocycles. The summed E-state index contributed by atoms with van der Waals surface area (Å²) in [5, 5.41) is 0.133. The Balaban J connectivity index is 1.67. The van der Waals surface area contributed by atoms with Gasteiger partial charge in [0, 0.05) is 0 Å². The zero-order valence-corrected chi connectivity index (χ0v) is 31.6. The lowest BCUT2D eigenvalue weighted by Gasteiger charge is -2.61. The molecule has 3 nitrogen and oxygen atoms in total. The van der Waals surface area contributed by atoms with E-state index in [0.29, 0.717) is 24.2 Å². The Morgan fingerprint density at radius 1 is 1.09 bits per heavy atom. The van der Waals surface area contributed by atoms with Gasteiger partial charge in [0.2, 0.25) is 0 Å². The number of benzene rings is 1. The van der Waals surface area contributed by atoms with Gasteiger partial charge in [0.25, 0.3) is 0 Å². The third-order valence-corrected chi connectivity index (χ3v) is 17.5. The smallest absolute Gasteiger partial charge is 0.304 e. The summed E-state index contributed by atoms with van der Waals surface area (Å²) < 4.78 is 59.9. The number of halogens is 3. The number of hydrogen-bond donors (Lipinski definition) is 0. The minimum absolute atomic E-state index is 0.0184. The Morgan fingerprint density at radius 3 is 2.36 bits per heavy atom. The van der Waals surface area contributed by atoms with Gasteiger partial charge in [-0.1, -0.05) is 52.7 Å². The predicted octanol–water partition coefficient (Wildman–Crippen LogP) is 11.6. The predicted molar refractivity (Wildman–Crippen MR) is 185 cm³/mol. The van der Waals surface area contributed by atoms with Gasteiger partial charge in [-0.2, -0.15) is 8.78 Å². The van der Waals surface area contributed by atoms with Crippen molar-refractivity contribution in [2.75, 3.05) is 7.11 Å². The van der Waals surface area contributed by atoms with Crippen molar-refractivity contribution in [1.29, 1.82) is 0 Å². The van der Waals surface area contributed by atoms with Crippen LogP contribution in [-0.2, 0) is 15.3 Å². The lowest BCUT2D eigenvalue weighted by molar-refractivity contribution is -0.0773. The minimum Gasteiger partial charge on any atom is -0.497 e. The molecule has 1 aromatic rings. The molecule has 4 rings (SSSR count). The normalized spacial score (nSPS) is 30.6. The molecule has 3 aliphatic rings. The van der Waals surface area contributed by atoms with E-state index in [1.807, 2.05) is 19.6 Å². The van der Waals surface area contributed by atoms with Crippen molar-refractivity contribution in [3.8, 4) is 5.75 Å². The molecule has 0 heterocycles. The molecule has 0 aliphatic heterocycles. The first-order valence-electron chi connectivity index (χ1n) is 17.2. The fourth-order valence-corrected chi connectivity index (χ4v) is 11.6. The van der Waals surface area contributed by atoms with Gasteiger partial charge in [-0.25, -0.2) is 4.39 Å². The first kappa shape index (κ1) is 36.5. The topological polar surface area (TPSA) is 27.7 Å². The van der Waals surface area contributed by atoms with Crippen molar-refractivity contribution < 1.29 is 26.8 Å². The Morgan fingerprint density at radius 2 is 1.78 bits per heavy atom. The molecule has 2 fully saturated rings. The van der Waals surface area contributed by atoms with Crippen LogP contribution in [0.15, 0.2) is 42.8 Å². The second kappa shape index (κ2) is 13.3. The molecule has 8 heteroatoms. The highest BCUT2D eigenvalue weighted by Crippen LogP contribution is 2.70. The number of fused-ring (bicyclic) bond motifs is 5. The Hall–Kier alpha value is -1.36. The fourth-order valence-electron chi connectivity index (χ4n) is 9.04. The Kier molecular flexibility index (Phi) is 10.8.